The maximum absolute atomic E-state index is 12.4. The lowest BCUT2D eigenvalue weighted by Gasteiger charge is -2.23. The molecule has 0 radical (unpaired) electrons. The predicted molar refractivity (Wildman–Crippen MR) is 69.2 cm³/mol. The third kappa shape index (κ3) is 3.80. The molecule has 0 bridgehead atoms. The van der Waals surface area contributed by atoms with E-state index in [0.29, 0.717) is 10.6 Å². The van der Waals surface area contributed by atoms with Crippen LogP contribution in [0.4, 0.5) is 0 Å². The Morgan fingerprint density at radius 2 is 1.94 bits per heavy atom. The third-order valence-corrected chi connectivity index (χ3v) is 4.60. The molecule has 0 saturated carbocycles. The van der Waals surface area contributed by atoms with E-state index in [4.69, 9.17) is 26.4 Å². The summed E-state index contributed by atoms with van der Waals surface area (Å²) < 4.78 is 22.8. The largest absolute Gasteiger partial charge is 0.351 e. The third-order valence-electron chi connectivity index (χ3n) is 2.15. The first-order chi connectivity index (χ1) is 8.03. The second-order valence-electron chi connectivity index (χ2n) is 3.38. The quantitative estimate of drug-likeness (QED) is 0.808. The normalized spacial score (nSPS) is 13.6. The Morgan fingerprint density at radius 3 is 2.41 bits per heavy atom. The van der Waals surface area contributed by atoms with Crippen LogP contribution >= 0.6 is 19.2 Å². The van der Waals surface area contributed by atoms with Crippen LogP contribution in [0.25, 0.3) is 0 Å². The van der Waals surface area contributed by atoms with Crippen molar-refractivity contribution in [1.82, 2.24) is 0 Å². The minimum Gasteiger partial charge on any atom is -0.314 e. The van der Waals surface area contributed by atoms with E-state index in [1.807, 2.05) is 0 Å². The Bertz CT molecular complexity index is 403. The van der Waals surface area contributed by atoms with Gasteiger partial charge in [-0.2, -0.15) is 0 Å². The Hall–Kier alpha value is -0.380. The highest BCUT2D eigenvalue weighted by Crippen LogP contribution is 2.58. The molecule has 0 amide bonds. The average molecular weight is 278 g/mol. The molecule has 1 aromatic carbocycles. The summed E-state index contributed by atoms with van der Waals surface area (Å²) in [6, 6.07) is 6.89. The molecule has 96 valence electrons. The zero-order valence-electron chi connectivity index (χ0n) is 9.93. The van der Waals surface area contributed by atoms with E-state index in [-0.39, 0.29) is 13.2 Å². The van der Waals surface area contributed by atoms with Crippen LogP contribution in [0, 0.1) is 0 Å². The fourth-order valence-corrected chi connectivity index (χ4v) is 3.27. The van der Waals surface area contributed by atoms with Gasteiger partial charge in [0, 0.05) is 5.02 Å². The van der Waals surface area contributed by atoms with Gasteiger partial charge in [-0.3, -0.25) is 4.57 Å². The molecular formula is C11H17ClNO3P. The van der Waals surface area contributed by atoms with Crippen molar-refractivity contribution in [3.63, 3.8) is 0 Å². The van der Waals surface area contributed by atoms with Gasteiger partial charge in [0.1, 0.15) is 5.78 Å². The van der Waals surface area contributed by atoms with Crippen molar-refractivity contribution in [2.45, 2.75) is 19.6 Å². The van der Waals surface area contributed by atoms with Crippen molar-refractivity contribution in [3.05, 3.63) is 34.9 Å². The molecule has 1 rings (SSSR count). The van der Waals surface area contributed by atoms with Gasteiger partial charge in [-0.15, -0.1) is 0 Å². The second kappa shape index (κ2) is 6.53. The van der Waals surface area contributed by atoms with Gasteiger partial charge in [0.25, 0.3) is 0 Å². The summed E-state index contributed by atoms with van der Waals surface area (Å²) in [5, 5.41) is 0.539. The van der Waals surface area contributed by atoms with E-state index in [2.05, 4.69) is 0 Å². The van der Waals surface area contributed by atoms with Crippen molar-refractivity contribution in [3.8, 4) is 0 Å². The van der Waals surface area contributed by atoms with Crippen molar-refractivity contribution in [1.29, 1.82) is 0 Å². The molecule has 0 aromatic heterocycles. The van der Waals surface area contributed by atoms with Crippen LogP contribution in [0.1, 0.15) is 25.2 Å². The fourth-order valence-electron chi connectivity index (χ4n) is 1.43. The van der Waals surface area contributed by atoms with Gasteiger partial charge >= 0.3 is 7.60 Å². The molecular weight excluding hydrogens is 261 g/mol. The van der Waals surface area contributed by atoms with E-state index in [0.717, 1.165) is 0 Å². The molecule has 1 atom stereocenters. The lowest BCUT2D eigenvalue weighted by molar-refractivity contribution is 0.212. The molecule has 0 spiro atoms. The standard InChI is InChI=1S/C11H17ClNO3P/c1-3-15-17(14,16-4-2)11(13)9-6-5-7-10(12)8-9/h5-8,11H,3-4,13H2,1-2H3/t11-/m1/s1. The maximum atomic E-state index is 12.4. The van der Waals surface area contributed by atoms with Gasteiger partial charge in [0.05, 0.1) is 13.2 Å². The van der Waals surface area contributed by atoms with Gasteiger partial charge in [-0.1, -0.05) is 23.7 Å². The zero-order valence-corrected chi connectivity index (χ0v) is 11.6. The highest BCUT2D eigenvalue weighted by atomic mass is 35.5. The molecule has 2 N–H and O–H groups in total. The minimum atomic E-state index is -3.33. The van der Waals surface area contributed by atoms with E-state index >= 15 is 0 Å². The van der Waals surface area contributed by atoms with Gasteiger partial charge in [0.15, 0.2) is 0 Å². The Labute approximate surface area is 107 Å². The lowest BCUT2D eigenvalue weighted by atomic mass is 10.2. The monoisotopic (exact) mass is 277 g/mol. The topological polar surface area (TPSA) is 61.5 Å². The van der Waals surface area contributed by atoms with Crippen molar-refractivity contribution >= 4 is 19.2 Å². The molecule has 0 fully saturated rings. The van der Waals surface area contributed by atoms with Gasteiger partial charge in [-0.05, 0) is 31.5 Å². The smallest absolute Gasteiger partial charge is 0.314 e. The Kier molecular flexibility index (Phi) is 5.63. The van der Waals surface area contributed by atoms with Crippen LogP contribution in [0.5, 0.6) is 0 Å². The summed E-state index contributed by atoms with van der Waals surface area (Å²) in [4.78, 5) is 0. The number of benzene rings is 1. The molecule has 0 aliphatic heterocycles. The van der Waals surface area contributed by atoms with Crippen LogP contribution in [0.15, 0.2) is 24.3 Å². The van der Waals surface area contributed by atoms with Crippen LogP contribution in [0.3, 0.4) is 0 Å². The first-order valence-electron chi connectivity index (χ1n) is 5.43. The average Bonchev–Trinajstić information content (AvgIpc) is 2.28. The molecule has 4 nitrogen and oxygen atoms in total. The first kappa shape index (κ1) is 14.7. The molecule has 0 unspecified atom stereocenters. The van der Waals surface area contributed by atoms with E-state index < -0.39 is 13.4 Å². The summed E-state index contributed by atoms with van der Waals surface area (Å²) in [7, 11) is -3.33. The lowest BCUT2D eigenvalue weighted by Crippen LogP contribution is -2.14. The number of hydrogen-bond acceptors (Lipinski definition) is 4. The number of hydrogen-bond donors (Lipinski definition) is 1. The first-order valence-corrected chi connectivity index (χ1v) is 7.42. The second-order valence-corrected chi connectivity index (χ2v) is 5.96. The van der Waals surface area contributed by atoms with Crippen LogP contribution in [-0.4, -0.2) is 13.2 Å². The molecule has 0 aliphatic carbocycles. The van der Waals surface area contributed by atoms with Crippen molar-refractivity contribution < 1.29 is 13.6 Å². The molecule has 0 saturated heterocycles. The highest BCUT2D eigenvalue weighted by molar-refractivity contribution is 7.54. The minimum absolute atomic E-state index is 0.283. The Morgan fingerprint density at radius 1 is 1.35 bits per heavy atom. The van der Waals surface area contributed by atoms with Crippen LogP contribution in [0.2, 0.25) is 5.02 Å². The molecule has 0 aliphatic rings. The maximum Gasteiger partial charge on any atom is 0.351 e. The van der Waals surface area contributed by atoms with Gasteiger partial charge in [-0.25, -0.2) is 0 Å². The molecule has 1 aromatic rings. The molecule has 0 heterocycles. The zero-order chi connectivity index (χ0) is 12.9. The molecule has 6 heteroatoms. The number of nitrogens with two attached hydrogens (primary N) is 1. The van der Waals surface area contributed by atoms with E-state index in [1.165, 1.54) is 0 Å². The summed E-state index contributed by atoms with van der Waals surface area (Å²) in [5.74, 6) is -0.818. The SMILES string of the molecule is CCOP(=O)(OCC)[C@@H](N)c1cccc(Cl)c1. The number of halogens is 1. The van der Waals surface area contributed by atoms with Crippen LogP contribution in [-0.2, 0) is 13.6 Å². The summed E-state index contributed by atoms with van der Waals surface area (Å²) in [6.07, 6.45) is 0. The molecule has 17 heavy (non-hydrogen) atoms. The van der Waals surface area contributed by atoms with E-state index in [9.17, 15) is 4.57 Å². The van der Waals surface area contributed by atoms with Gasteiger partial charge in [0.2, 0.25) is 0 Å². The predicted octanol–water partition coefficient (Wildman–Crippen LogP) is 3.56. The summed E-state index contributed by atoms with van der Waals surface area (Å²) in [6.45, 7) is 4.06. The van der Waals surface area contributed by atoms with Crippen LogP contribution < -0.4 is 5.73 Å². The van der Waals surface area contributed by atoms with Crippen molar-refractivity contribution in [2.75, 3.05) is 13.2 Å². The summed E-state index contributed by atoms with van der Waals surface area (Å²) >= 11 is 5.87. The Balaban J connectivity index is 2.99. The number of rotatable bonds is 6. The fraction of sp³-hybridized carbons (Fsp3) is 0.455. The van der Waals surface area contributed by atoms with Crippen molar-refractivity contribution in [2.24, 2.45) is 5.73 Å². The van der Waals surface area contributed by atoms with Gasteiger partial charge < -0.3 is 14.8 Å². The summed E-state index contributed by atoms with van der Waals surface area (Å²) in [5.41, 5.74) is 6.58. The van der Waals surface area contributed by atoms with E-state index in [1.54, 1.807) is 38.1 Å². The highest BCUT2D eigenvalue weighted by Gasteiger charge is 2.33.